The van der Waals surface area contributed by atoms with Gasteiger partial charge in [-0.05, 0) is 15.9 Å². The first-order valence-electron chi connectivity index (χ1n) is 4.18. The van der Waals surface area contributed by atoms with Crippen molar-refractivity contribution in [2.75, 3.05) is 0 Å². The lowest BCUT2D eigenvalue weighted by atomic mass is 10.3. The van der Waals surface area contributed by atoms with Crippen LogP contribution in [0.15, 0.2) is 33.9 Å². The largest absolute Gasteiger partial charge is 0.268 e. The van der Waals surface area contributed by atoms with E-state index >= 15 is 0 Å². The van der Waals surface area contributed by atoms with Crippen LogP contribution in [0.5, 0.6) is 0 Å². The van der Waals surface area contributed by atoms with E-state index in [0.717, 1.165) is 4.47 Å². The fourth-order valence-corrected chi connectivity index (χ4v) is 1.26. The first-order valence-corrected chi connectivity index (χ1v) is 4.97. The SMILES string of the molecule is Cn1ncc(-c2ncc(Br)cn2)cc1=O. The molecule has 2 rings (SSSR count). The highest BCUT2D eigenvalue weighted by molar-refractivity contribution is 9.10. The molecule has 0 bridgehead atoms. The molecule has 0 aromatic carbocycles. The van der Waals surface area contributed by atoms with E-state index < -0.39 is 0 Å². The molecular formula is C9H7BrN4O. The predicted octanol–water partition coefficient (Wildman–Crippen LogP) is 1.000. The highest BCUT2D eigenvalue weighted by Gasteiger charge is 2.02. The molecule has 0 atom stereocenters. The first-order chi connectivity index (χ1) is 7.16. The van der Waals surface area contributed by atoms with Gasteiger partial charge in [0.15, 0.2) is 5.82 Å². The second-order valence-corrected chi connectivity index (χ2v) is 3.85. The van der Waals surface area contributed by atoms with Gasteiger partial charge in [0, 0.05) is 31.1 Å². The van der Waals surface area contributed by atoms with Gasteiger partial charge >= 0.3 is 0 Å². The second kappa shape index (κ2) is 3.90. The maximum atomic E-state index is 11.3. The average Bonchev–Trinajstić information content (AvgIpc) is 2.23. The molecule has 0 spiro atoms. The highest BCUT2D eigenvalue weighted by atomic mass is 79.9. The molecule has 2 heterocycles. The lowest BCUT2D eigenvalue weighted by molar-refractivity contribution is 0.708. The van der Waals surface area contributed by atoms with Crippen molar-refractivity contribution in [1.82, 2.24) is 19.7 Å². The topological polar surface area (TPSA) is 60.7 Å². The Balaban J connectivity index is 2.50. The van der Waals surface area contributed by atoms with Crippen molar-refractivity contribution in [2.45, 2.75) is 0 Å². The summed E-state index contributed by atoms with van der Waals surface area (Å²) in [7, 11) is 1.59. The third kappa shape index (κ3) is 2.10. The van der Waals surface area contributed by atoms with Crippen molar-refractivity contribution in [1.29, 1.82) is 0 Å². The van der Waals surface area contributed by atoms with E-state index in [1.807, 2.05) is 0 Å². The molecule has 0 unspecified atom stereocenters. The van der Waals surface area contributed by atoms with Gasteiger partial charge in [0.25, 0.3) is 5.56 Å². The maximum Gasteiger partial charge on any atom is 0.267 e. The van der Waals surface area contributed by atoms with Gasteiger partial charge in [-0.2, -0.15) is 5.10 Å². The summed E-state index contributed by atoms with van der Waals surface area (Å²) in [6.07, 6.45) is 4.81. The van der Waals surface area contributed by atoms with Gasteiger partial charge in [0.2, 0.25) is 0 Å². The van der Waals surface area contributed by atoms with Crippen molar-refractivity contribution in [3.63, 3.8) is 0 Å². The van der Waals surface area contributed by atoms with Crippen LogP contribution in [-0.4, -0.2) is 19.7 Å². The number of aryl methyl sites for hydroxylation is 1. The van der Waals surface area contributed by atoms with E-state index in [2.05, 4.69) is 31.0 Å². The molecular weight excluding hydrogens is 260 g/mol. The molecule has 76 valence electrons. The van der Waals surface area contributed by atoms with Crippen molar-refractivity contribution in [2.24, 2.45) is 7.05 Å². The Bertz CT molecular complexity index is 535. The summed E-state index contributed by atoms with van der Waals surface area (Å²) in [6.45, 7) is 0. The van der Waals surface area contributed by atoms with Crippen LogP contribution in [0, 0.1) is 0 Å². The smallest absolute Gasteiger partial charge is 0.267 e. The zero-order valence-electron chi connectivity index (χ0n) is 7.88. The summed E-state index contributed by atoms with van der Waals surface area (Å²) in [5, 5.41) is 3.89. The first kappa shape index (κ1) is 9.97. The Hall–Kier alpha value is -1.56. The van der Waals surface area contributed by atoms with Crippen molar-refractivity contribution in [3.8, 4) is 11.4 Å². The Morgan fingerprint density at radius 2 is 1.93 bits per heavy atom. The van der Waals surface area contributed by atoms with Gasteiger partial charge in [-0.15, -0.1) is 0 Å². The van der Waals surface area contributed by atoms with Gasteiger partial charge in [-0.1, -0.05) is 0 Å². The summed E-state index contributed by atoms with van der Waals surface area (Å²) in [5.74, 6) is 0.489. The minimum atomic E-state index is -0.181. The molecule has 0 N–H and O–H groups in total. The summed E-state index contributed by atoms with van der Waals surface area (Å²) in [6, 6.07) is 1.45. The van der Waals surface area contributed by atoms with Crippen LogP contribution in [0.3, 0.4) is 0 Å². The molecule has 0 radical (unpaired) electrons. The van der Waals surface area contributed by atoms with Crippen LogP contribution in [-0.2, 0) is 7.05 Å². The molecule has 0 saturated heterocycles. The van der Waals surface area contributed by atoms with Crippen LogP contribution in [0.4, 0.5) is 0 Å². The maximum absolute atomic E-state index is 11.3. The fourth-order valence-electron chi connectivity index (χ4n) is 1.05. The lowest BCUT2D eigenvalue weighted by Crippen LogP contribution is -2.18. The number of nitrogens with zero attached hydrogens (tertiary/aromatic N) is 4. The molecule has 15 heavy (non-hydrogen) atoms. The van der Waals surface area contributed by atoms with Gasteiger partial charge in [0.05, 0.1) is 10.7 Å². The molecule has 2 aromatic heterocycles. The zero-order chi connectivity index (χ0) is 10.8. The van der Waals surface area contributed by atoms with E-state index in [4.69, 9.17) is 0 Å². The van der Waals surface area contributed by atoms with Gasteiger partial charge < -0.3 is 0 Å². The van der Waals surface area contributed by atoms with E-state index in [1.54, 1.807) is 25.6 Å². The predicted molar refractivity (Wildman–Crippen MR) is 58.2 cm³/mol. The monoisotopic (exact) mass is 266 g/mol. The number of hydrogen-bond acceptors (Lipinski definition) is 4. The standard InChI is InChI=1S/C9H7BrN4O/c1-14-8(15)2-6(3-13-14)9-11-4-7(10)5-12-9/h2-5H,1H3. The second-order valence-electron chi connectivity index (χ2n) is 2.93. The molecule has 0 saturated carbocycles. The quantitative estimate of drug-likeness (QED) is 0.773. The molecule has 0 fully saturated rings. The molecule has 6 heteroatoms. The van der Waals surface area contributed by atoms with E-state index in [1.165, 1.54) is 10.7 Å². The molecule has 0 amide bonds. The Labute approximate surface area is 93.9 Å². The molecule has 0 aliphatic rings. The zero-order valence-corrected chi connectivity index (χ0v) is 9.47. The third-order valence-electron chi connectivity index (χ3n) is 1.85. The van der Waals surface area contributed by atoms with Crippen molar-refractivity contribution >= 4 is 15.9 Å². The van der Waals surface area contributed by atoms with Crippen LogP contribution in [0.2, 0.25) is 0 Å². The van der Waals surface area contributed by atoms with Crippen LogP contribution < -0.4 is 5.56 Å². The van der Waals surface area contributed by atoms with Gasteiger partial charge in [-0.25, -0.2) is 14.6 Å². The normalized spacial score (nSPS) is 10.3. The number of hydrogen-bond donors (Lipinski definition) is 0. The van der Waals surface area contributed by atoms with Crippen molar-refractivity contribution < 1.29 is 0 Å². The minimum Gasteiger partial charge on any atom is -0.268 e. The molecule has 5 nitrogen and oxygen atoms in total. The highest BCUT2D eigenvalue weighted by Crippen LogP contribution is 2.12. The van der Waals surface area contributed by atoms with Crippen LogP contribution >= 0.6 is 15.9 Å². The Morgan fingerprint density at radius 3 is 2.53 bits per heavy atom. The minimum absolute atomic E-state index is 0.181. The van der Waals surface area contributed by atoms with E-state index in [9.17, 15) is 4.79 Å². The lowest BCUT2D eigenvalue weighted by Gasteiger charge is -1.99. The van der Waals surface area contributed by atoms with Gasteiger partial charge in [-0.3, -0.25) is 4.79 Å². The Kier molecular flexibility index (Phi) is 2.59. The summed E-state index contributed by atoms with van der Waals surface area (Å²) in [4.78, 5) is 19.5. The molecule has 0 aliphatic heterocycles. The number of halogens is 1. The van der Waals surface area contributed by atoms with Crippen molar-refractivity contribution in [3.05, 3.63) is 39.5 Å². The van der Waals surface area contributed by atoms with Crippen LogP contribution in [0.25, 0.3) is 11.4 Å². The number of rotatable bonds is 1. The van der Waals surface area contributed by atoms with Gasteiger partial charge in [0.1, 0.15) is 0 Å². The molecule has 2 aromatic rings. The van der Waals surface area contributed by atoms with E-state index in [0.29, 0.717) is 11.4 Å². The summed E-state index contributed by atoms with van der Waals surface area (Å²) in [5.41, 5.74) is 0.435. The third-order valence-corrected chi connectivity index (χ3v) is 2.26. The average molecular weight is 267 g/mol. The summed E-state index contributed by atoms with van der Waals surface area (Å²) >= 11 is 3.24. The number of aromatic nitrogens is 4. The summed E-state index contributed by atoms with van der Waals surface area (Å²) < 4.78 is 2.05. The van der Waals surface area contributed by atoms with Crippen LogP contribution in [0.1, 0.15) is 0 Å². The Morgan fingerprint density at radius 1 is 1.27 bits per heavy atom. The fraction of sp³-hybridized carbons (Fsp3) is 0.111. The van der Waals surface area contributed by atoms with E-state index in [-0.39, 0.29) is 5.56 Å². The molecule has 0 aliphatic carbocycles.